The molecule has 4 heteroatoms. The van der Waals surface area contributed by atoms with E-state index >= 15 is 0 Å². The maximum atomic E-state index is 5.57. The van der Waals surface area contributed by atoms with Crippen LogP contribution in [0.3, 0.4) is 0 Å². The SMILES string of the molecule is CC(C)(N)COC(=S)S. The van der Waals surface area contributed by atoms with Gasteiger partial charge in [-0.15, -0.1) is 0 Å². The highest BCUT2D eigenvalue weighted by Crippen LogP contribution is 1.98. The molecule has 0 aromatic heterocycles. The molecule has 0 bridgehead atoms. The molecule has 9 heavy (non-hydrogen) atoms. The van der Waals surface area contributed by atoms with Crippen molar-refractivity contribution >= 4 is 29.2 Å². The van der Waals surface area contributed by atoms with E-state index in [0.29, 0.717) is 6.61 Å². The minimum Gasteiger partial charge on any atom is -0.477 e. The zero-order valence-electron chi connectivity index (χ0n) is 5.55. The predicted molar refractivity (Wildman–Crippen MR) is 45.8 cm³/mol. The normalized spacial score (nSPS) is 11.1. The van der Waals surface area contributed by atoms with Gasteiger partial charge in [0.15, 0.2) is 0 Å². The fourth-order valence-corrected chi connectivity index (χ4v) is 0.371. The highest BCUT2D eigenvalue weighted by molar-refractivity contribution is 8.10. The number of hydrogen-bond acceptors (Lipinski definition) is 3. The minimum atomic E-state index is -0.327. The molecule has 0 saturated heterocycles. The van der Waals surface area contributed by atoms with Crippen LogP contribution in [0.4, 0.5) is 0 Å². The van der Waals surface area contributed by atoms with E-state index in [1.54, 1.807) is 0 Å². The van der Waals surface area contributed by atoms with Gasteiger partial charge >= 0.3 is 0 Å². The van der Waals surface area contributed by atoms with Crippen LogP contribution < -0.4 is 5.73 Å². The number of rotatable bonds is 2. The zero-order chi connectivity index (χ0) is 7.49. The van der Waals surface area contributed by atoms with Crippen molar-refractivity contribution in [1.29, 1.82) is 0 Å². The van der Waals surface area contributed by atoms with Crippen molar-refractivity contribution < 1.29 is 4.74 Å². The molecule has 0 aliphatic heterocycles. The quantitative estimate of drug-likeness (QED) is 0.472. The molecule has 0 aromatic carbocycles. The van der Waals surface area contributed by atoms with Gasteiger partial charge in [0.1, 0.15) is 6.61 Å². The highest BCUT2D eigenvalue weighted by atomic mass is 32.1. The van der Waals surface area contributed by atoms with E-state index < -0.39 is 0 Å². The fourth-order valence-electron chi connectivity index (χ4n) is 0.248. The average molecular weight is 165 g/mol. The average Bonchev–Trinajstić information content (AvgIpc) is 1.59. The Morgan fingerprint density at radius 3 is 2.33 bits per heavy atom. The molecule has 0 aromatic rings. The lowest BCUT2D eigenvalue weighted by atomic mass is 10.1. The molecule has 0 heterocycles. The first-order valence-corrected chi connectivity index (χ1v) is 3.42. The zero-order valence-corrected chi connectivity index (χ0v) is 7.26. The number of thiol groups is 1. The van der Waals surface area contributed by atoms with Crippen LogP contribution in [0.25, 0.3) is 0 Å². The third-order valence-electron chi connectivity index (χ3n) is 0.568. The number of nitrogens with two attached hydrogens (primary N) is 1. The summed E-state index contributed by atoms with van der Waals surface area (Å²) in [6, 6.07) is 0. The lowest BCUT2D eigenvalue weighted by Gasteiger charge is -2.17. The molecule has 0 aliphatic carbocycles. The Morgan fingerprint density at radius 2 is 2.22 bits per heavy atom. The summed E-state index contributed by atoms with van der Waals surface area (Å²) in [6.07, 6.45) is 0. The lowest BCUT2D eigenvalue weighted by Crippen LogP contribution is -2.37. The fraction of sp³-hybridized carbons (Fsp3) is 0.800. The largest absolute Gasteiger partial charge is 0.477 e. The molecule has 0 spiro atoms. The van der Waals surface area contributed by atoms with E-state index in [-0.39, 0.29) is 9.92 Å². The topological polar surface area (TPSA) is 35.2 Å². The van der Waals surface area contributed by atoms with Gasteiger partial charge in [-0.1, -0.05) is 12.6 Å². The standard InChI is InChI=1S/C5H11NOS2/c1-5(2,6)3-7-4(8)9/h3,6H2,1-2H3,(H,8,9). The van der Waals surface area contributed by atoms with Crippen molar-refractivity contribution in [1.82, 2.24) is 0 Å². The maximum Gasteiger partial charge on any atom is 0.216 e. The van der Waals surface area contributed by atoms with Gasteiger partial charge in [0, 0.05) is 5.54 Å². The Morgan fingerprint density at radius 1 is 1.78 bits per heavy atom. The second kappa shape index (κ2) is 3.39. The molecule has 0 fully saturated rings. The molecule has 0 saturated carbocycles. The van der Waals surface area contributed by atoms with E-state index in [9.17, 15) is 0 Å². The summed E-state index contributed by atoms with van der Waals surface area (Å²) >= 11 is 8.31. The molecule has 0 amide bonds. The molecule has 2 nitrogen and oxygen atoms in total. The van der Waals surface area contributed by atoms with Crippen molar-refractivity contribution in [3.63, 3.8) is 0 Å². The smallest absolute Gasteiger partial charge is 0.216 e. The van der Waals surface area contributed by atoms with E-state index in [4.69, 9.17) is 10.5 Å². The predicted octanol–water partition coefficient (Wildman–Crippen LogP) is 0.955. The second-order valence-corrected chi connectivity index (χ2v) is 3.62. The van der Waals surface area contributed by atoms with Crippen LogP contribution in [0.1, 0.15) is 13.8 Å². The maximum absolute atomic E-state index is 5.57. The molecule has 0 atom stereocenters. The summed E-state index contributed by atoms with van der Waals surface area (Å²) in [5, 5.41) is 0. The molecule has 54 valence electrons. The number of thiocarbonyl (C=S) groups is 1. The molecule has 2 N–H and O–H groups in total. The van der Waals surface area contributed by atoms with Gasteiger partial charge < -0.3 is 10.5 Å². The van der Waals surface area contributed by atoms with Crippen molar-refractivity contribution in [3.8, 4) is 0 Å². The number of hydrogen-bond donors (Lipinski definition) is 2. The molecular weight excluding hydrogens is 154 g/mol. The van der Waals surface area contributed by atoms with Crippen LogP contribution in [0, 0.1) is 0 Å². The van der Waals surface area contributed by atoms with Crippen molar-refractivity contribution in [2.45, 2.75) is 19.4 Å². The van der Waals surface area contributed by atoms with E-state index in [0.717, 1.165) is 0 Å². The van der Waals surface area contributed by atoms with Gasteiger partial charge in [-0.2, -0.15) is 0 Å². The molecule has 0 aliphatic rings. The van der Waals surface area contributed by atoms with Crippen molar-refractivity contribution in [2.75, 3.05) is 6.61 Å². The first-order valence-electron chi connectivity index (χ1n) is 2.56. The molecular formula is C5H11NOS2. The van der Waals surface area contributed by atoms with Gasteiger partial charge in [0.05, 0.1) is 0 Å². The van der Waals surface area contributed by atoms with Gasteiger partial charge in [-0.3, -0.25) is 0 Å². The Hall–Kier alpha value is 0.200. The van der Waals surface area contributed by atoms with E-state index in [1.807, 2.05) is 13.8 Å². The van der Waals surface area contributed by atoms with Crippen LogP contribution in [0.15, 0.2) is 0 Å². The molecule has 0 rings (SSSR count). The third kappa shape index (κ3) is 8.20. The highest BCUT2D eigenvalue weighted by Gasteiger charge is 2.10. The van der Waals surface area contributed by atoms with Crippen molar-refractivity contribution in [3.05, 3.63) is 0 Å². The first-order chi connectivity index (χ1) is 3.92. The summed E-state index contributed by atoms with van der Waals surface area (Å²) < 4.78 is 5.12. The van der Waals surface area contributed by atoms with E-state index in [1.165, 1.54) is 0 Å². The monoisotopic (exact) mass is 165 g/mol. The van der Waals surface area contributed by atoms with Crippen LogP contribution in [-0.2, 0) is 4.74 Å². The summed E-state index contributed by atoms with van der Waals surface area (Å²) in [6.45, 7) is 4.13. The van der Waals surface area contributed by atoms with Crippen LogP contribution >= 0.6 is 24.8 Å². The Labute approximate surface area is 66.2 Å². The van der Waals surface area contributed by atoms with Crippen LogP contribution in [0.5, 0.6) is 0 Å². The van der Waals surface area contributed by atoms with Gasteiger partial charge in [0.25, 0.3) is 0 Å². The summed E-state index contributed by atoms with van der Waals surface area (Å²) in [4.78, 5) is 0. The lowest BCUT2D eigenvalue weighted by molar-refractivity contribution is 0.244. The van der Waals surface area contributed by atoms with Gasteiger partial charge in [0.2, 0.25) is 4.38 Å². The summed E-state index contributed by atoms with van der Waals surface area (Å²) in [5.74, 6) is 0. The van der Waals surface area contributed by atoms with E-state index in [2.05, 4.69) is 24.8 Å². The third-order valence-corrected chi connectivity index (χ3v) is 0.815. The molecule has 0 unspecified atom stereocenters. The minimum absolute atomic E-state index is 0.244. The Bertz CT molecular complexity index is 108. The van der Waals surface area contributed by atoms with Gasteiger partial charge in [-0.25, -0.2) is 0 Å². The Kier molecular flexibility index (Phi) is 3.46. The number of ether oxygens (including phenoxy) is 1. The molecule has 0 radical (unpaired) electrons. The summed E-state index contributed by atoms with van der Waals surface area (Å²) in [7, 11) is 0. The van der Waals surface area contributed by atoms with Crippen molar-refractivity contribution in [2.24, 2.45) is 5.73 Å². The Balaban J connectivity index is 3.39. The second-order valence-electron chi connectivity index (χ2n) is 2.54. The first kappa shape index (κ1) is 9.20. The van der Waals surface area contributed by atoms with Gasteiger partial charge in [-0.05, 0) is 26.1 Å². The van der Waals surface area contributed by atoms with Crippen LogP contribution in [-0.4, -0.2) is 16.5 Å². The van der Waals surface area contributed by atoms with Crippen LogP contribution in [0.2, 0.25) is 0 Å². The summed E-state index contributed by atoms with van der Waals surface area (Å²) in [5.41, 5.74) is 5.24.